The van der Waals surface area contributed by atoms with Crippen molar-refractivity contribution in [2.24, 2.45) is 0 Å². The van der Waals surface area contributed by atoms with Crippen LogP contribution in [0.25, 0.3) is 0 Å². The van der Waals surface area contributed by atoms with E-state index in [9.17, 15) is 0 Å². The SMILES string of the molecule is CCN(CC)C([S-])[S-].CCN(CC)C([S-])[S-].CCN(CC)C([S-])[S-].CCN(CC)C([S-])[S-].CCN(CC)C([S-])[S-].CCN(CC)C([S-])[S-].[Ag+].[Ag+].[Ag].[Ag].[Ag].[Ag].[Ag].[Ag].[SH-].[SH-]. The molecule has 0 heterocycles. The zero-order valence-corrected chi connectivity index (χ0v) is 58.3. The van der Waals surface area contributed by atoms with Gasteiger partial charge in [-0.25, -0.2) is 28.2 Å². The molecule has 58 heavy (non-hydrogen) atoms. The topological polar surface area (TPSA) is 19.4 Å². The molecule has 6 nitrogen and oxygen atoms in total. The normalized spacial score (nSPS) is 9.31. The van der Waals surface area contributed by atoms with Gasteiger partial charge < -0.3 is 208 Å². The van der Waals surface area contributed by atoms with Crippen molar-refractivity contribution in [2.75, 3.05) is 78.5 Å². The monoisotopic (exact) mass is 1820 g/mol. The average molecular weight is 1820 g/mol. The molecule has 402 valence electrons. The van der Waals surface area contributed by atoms with Gasteiger partial charge in [-0.2, -0.15) is 0 Å². The standard InChI is InChI=1S/6C5H13NS2.8Ag.2H2S/c6*1-3-6(4-2)5(7)8;;;;;;;;;;/h6*5,7-8H,3-4H2,1-2H3;;;;;;;;;2*1H2/q;;;;;;;;;;;;2*+1;;/p-14. The number of hydrogen-bond acceptors (Lipinski definition) is 20. The van der Waals surface area contributed by atoms with Gasteiger partial charge in [-0.1, -0.05) is 83.1 Å². The second kappa shape index (κ2) is 87.3. The van der Waals surface area contributed by atoms with Crippen LogP contribution in [0.5, 0.6) is 0 Å². The average Bonchev–Trinajstić information content (AvgIpc) is 3.01. The van der Waals surface area contributed by atoms with E-state index in [1.807, 2.05) is 29.4 Å². The Hall–Kier alpha value is 10.6. The third-order valence-corrected chi connectivity index (χ3v) is 10.2. The molecule has 0 unspecified atom stereocenters. The van der Waals surface area contributed by atoms with E-state index in [1.165, 1.54) is 0 Å². The predicted molar refractivity (Wildman–Crippen MR) is 266 cm³/mol. The van der Waals surface area contributed by atoms with Crippen LogP contribution in [0, 0.1) is 0 Å². The fourth-order valence-electron chi connectivity index (χ4n) is 3.13. The van der Waals surface area contributed by atoms with Crippen LogP contribution in [0.1, 0.15) is 83.1 Å². The van der Waals surface area contributed by atoms with Crippen LogP contribution < -0.4 is 0 Å². The summed E-state index contributed by atoms with van der Waals surface area (Å²) in [5, 5.41) is 0. The smallest absolute Gasteiger partial charge is 0.813 e. The molecule has 0 N–H and O–H groups in total. The maximum atomic E-state index is 4.84. The molecule has 0 saturated carbocycles. The third-order valence-electron chi connectivity index (χ3n) is 6.66. The fraction of sp³-hybridized carbons (Fsp3) is 1.00. The molecule has 0 aromatic rings. The summed E-state index contributed by atoms with van der Waals surface area (Å²) in [5.41, 5.74) is 0. The molecule has 0 aliphatic rings. The van der Waals surface area contributed by atoms with Crippen LogP contribution in [0.15, 0.2) is 0 Å². The van der Waals surface area contributed by atoms with Crippen molar-refractivity contribution >= 4 is 179 Å². The van der Waals surface area contributed by atoms with Gasteiger partial charge >= 0.3 is 44.8 Å². The molecule has 0 aliphatic carbocycles. The third kappa shape index (κ3) is 83.4. The van der Waals surface area contributed by atoms with Crippen LogP contribution in [0.4, 0.5) is 0 Å². The van der Waals surface area contributed by atoms with Crippen molar-refractivity contribution < 1.29 is 179 Å². The molecule has 28 heteroatoms. The van der Waals surface area contributed by atoms with E-state index in [0.29, 0.717) is 0 Å². The van der Waals surface area contributed by atoms with Crippen LogP contribution >= 0.6 is 0 Å². The van der Waals surface area contributed by atoms with Crippen molar-refractivity contribution in [1.29, 1.82) is 0 Å². The maximum Gasteiger partial charge on any atom is 1.00 e. The largest absolute Gasteiger partial charge is 1.00 e. The summed E-state index contributed by atoms with van der Waals surface area (Å²) in [6.45, 7) is 36.4. The van der Waals surface area contributed by atoms with Gasteiger partial charge in [-0.15, -0.1) is 0 Å². The Morgan fingerprint density at radius 2 is 0.276 bits per heavy atom. The summed E-state index contributed by atoms with van der Waals surface area (Å²) in [4.78, 5) is 12.3. The zero-order valence-electron chi connectivity index (χ0n) is 34.8. The quantitative estimate of drug-likeness (QED) is 0.113. The molecule has 6 radical (unpaired) electrons. The van der Waals surface area contributed by atoms with Gasteiger partial charge in [0.2, 0.25) is 0 Å². The van der Waals surface area contributed by atoms with Crippen molar-refractivity contribution in [2.45, 2.75) is 111 Å². The molecule has 0 fully saturated rings. The summed E-state index contributed by atoms with van der Waals surface area (Å²) < 4.78 is -0.722. The van der Waals surface area contributed by atoms with E-state index in [2.05, 4.69) is 83.1 Å². The van der Waals surface area contributed by atoms with Crippen LogP contribution in [0.3, 0.4) is 0 Å². The minimum Gasteiger partial charge on any atom is -0.813 e. The molecular formula is C30H68Ag8N6S14-12. The summed E-state index contributed by atoms with van der Waals surface area (Å²) in [7, 11) is 0. The summed E-state index contributed by atoms with van der Waals surface area (Å²) >= 11 is 58.1. The molecule has 0 amide bonds. The fourth-order valence-corrected chi connectivity index (χ4v) is 6.71. The van der Waals surface area contributed by atoms with E-state index in [1.54, 1.807) is 0 Å². The molecule has 0 bridgehead atoms. The van der Waals surface area contributed by atoms with Crippen molar-refractivity contribution in [3.8, 4) is 0 Å². The molecule has 0 atom stereocenters. The minimum atomic E-state index is -0.120. The van der Waals surface area contributed by atoms with Gasteiger partial charge in [0.1, 0.15) is 0 Å². The van der Waals surface area contributed by atoms with Gasteiger partial charge in [0.25, 0.3) is 0 Å². The first-order chi connectivity index (χ1) is 22.3. The van der Waals surface area contributed by atoms with E-state index in [0.717, 1.165) is 78.5 Å². The van der Waals surface area contributed by atoms with Crippen molar-refractivity contribution in [3.05, 3.63) is 0 Å². The van der Waals surface area contributed by atoms with E-state index in [-0.39, 0.29) is 234 Å². The second-order valence-corrected chi connectivity index (χ2v) is 16.3. The van der Waals surface area contributed by atoms with E-state index < -0.39 is 0 Å². The molecular weight excluding hydrogens is 1760 g/mol. The van der Waals surface area contributed by atoms with Crippen LogP contribution in [-0.4, -0.2) is 136 Å². The Morgan fingerprint density at radius 3 is 0.276 bits per heavy atom. The minimum absolute atomic E-state index is 0. The van der Waals surface area contributed by atoms with Gasteiger partial charge in [0, 0.05) is 134 Å². The summed E-state index contributed by atoms with van der Waals surface area (Å²) in [6.07, 6.45) is 0. The first kappa shape index (κ1) is 113. The Bertz CT molecular complexity index is 476. The van der Waals surface area contributed by atoms with Crippen molar-refractivity contribution in [1.82, 2.24) is 29.4 Å². The van der Waals surface area contributed by atoms with Gasteiger partial charge in [0.05, 0.1) is 0 Å². The Balaban J connectivity index is -0.0000000252. The molecule has 0 rings (SSSR count). The number of rotatable bonds is 18. The molecule has 0 aliphatic heterocycles. The molecule has 0 spiro atoms. The number of thiol groups is 2. The second-order valence-electron chi connectivity index (χ2n) is 9.17. The Kier molecular flexibility index (Phi) is 171. The first-order valence-electron chi connectivity index (χ1n) is 16.7. The molecule has 0 aromatic carbocycles. The first-order valence-corrected chi connectivity index (χ1v) is 22.3. The number of hydrogen-bond donors (Lipinski definition) is 0. The summed E-state index contributed by atoms with van der Waals surface area (Å²) in [6, 6.07) is 0. The Morgan fingerprint density at radius 1 is 0.224 bits per heavy atom. The van der Waals surface area contributed by atoms with Gasteiger partial charge in [-0.05, 0) is 78.5 Å². The van der Waals surface area contributed by atoms with Crippen LogP contribution in [-0.2, 0) is 358 Å². The zero-order chi connectivity index (χ0) is 39.4. The summed E-state index contributed by atoms with van der Waals surface area (Å²) in [5.74, 6) is 0. The maximum absolute atomic E-state index is 4.84. The van der Waals surface area contributed by atoms with Crippen LogP contribution in [0.2, 0.25) is 0 Å². The van der Waals surface area contributed by atoms with Gasteiger partial charge in [-0.3, -0.25) is 0 Å². The van der Waals surface area contributed by atoms with E-state index in [4.69, 9.17) is 152 Å². The Labute approximate surface area is 566 Å². The van der Waals surface area contributed by atoms with E-state index >= 15 is 0 Å². The molecule has 0 aromatic heterocycles. The van der Waals surface area contributed by atoms with Gasteiger partial charge in [0.15, 0.2) is 0 Å². The van der Waals surface area contributed by atoms with Crippen molar-refractivity contribution in [3.63, 3.8) is 0 Å². The predicted octanol–water partition coefficient (Wildman–Crippen LogP) is 3.67. The number of nitrogens with zero attached hydrogens (tertiary/aromatic N) is 6. The molecule has 0 saturated heterocycles.